The van der Waals surface area contributed by atoms with Crippen molar-refractivity contribution in [3.05, 3.63) is 35.9 Å². The standard InChI is InChI=1S/C18H25NO4/c20-17(21)12-16(15-10-6-1-2-7-11-15)19-18(22)23-13-14-8-4-3-5-9-14/h3-5,8-9,15-16H,1-2,6-7,10-13H2,(H,19,22)(H,20,21)/t16-/m1/s1. The van der Waals surface area contributed by atoms with Crippen molar-refractivity contribution in [2.75, 3.05) is 0 Å². The summed E-state index contributed by atoms with van der Waals surface area (Å²) in [6, 6.07) is 9.08. The number of benzene rings is 1. The first-order valence-corrected chi connectivity index (χ1v) is 8.34. The normalized spacial score (nSPS) is 17.0. The first kappa shape index (κ1) is 17.3. The van der Waals surface area contributed by atoms with Crippen molar-refractivity contribution < 1.29 is 19.4 Å². The van der Waals surface area contributed by atoms with Gasteiger partial charge < -0.3 is 15.2 Å². The zero-order chi connectivity index (χ0) is 16.5. The lowest BCUT2D eigenvalue weighted by molar-refractivity contribution is -0.137. The van der Waals surface area contributed by atoms with Crippen LogP contribution in [0.15, 0.2) is 30.3 Å². The van der Waals surface area contributed by atoms with E-state index in [2.05, 4.69) is 5.32 Å². The van der Waals surface area contributed by atoms with Crippen molar-refractivity contribution in [1.29, 1.82) is 0 Å². The zero-order valence-corrected chi connectivity index (χ0v) is 13.4. The van der Waals surface area contributed by atoms with Gasteiger partial charge in [0.05, 0.1) is 6.42 Å². The van der Waals surface area contributed by atoms with E-state index >= 15 is 0 Å². The molecule has 0 saturated heterocycles. The number of nitrogens with one attached hydrogen (secondary N) is 1. The Hall–Kier alpha value is -2.04. The third-order valence-electron chi connectivity index (χ3n) is 4.38. The van der Waals surface area contributed by atoms with Gasteiger partial charge in [-0.25, -0.2) is 4.79 Å². The van der Waals surface area contributed by atoms with Gasteiger partial charge in [-0.15, -0.1) is 0 Å². The first-order chi connectivity index (χ1) is 11.1. The molecule has 0 aliphatic heterocycles. The van der Waals surface area contributed by atoms with Gasteiger partial charge in [-0.2, -0.15) is 0 Å². The maximum absolute atomic E-state index is 12.0. The van der Waals surface area contributed by atoms with E-state index < -0.39 is 12.1 Å². The number of ether oxygens (including phenoxy) is 1. The fraction of sp³-hybridized carbons (Fsp3) is 0.556. The highest BCUT2D eigenvalue weighted by molar-refractivity contribution is 5.71. The largest absolute Gasteiger partial charge is 0.481 e. The van der Waals surface area contributed by atoms with Crippen molar-refractivity contribution in [1.82, 2.24) is 5.32 Å². The van der Waals surface area contributed by atoms with E-state index in [1.54, 1.807) is 0 Å². The second kappa shape index (κ2) is 9.18. The van der Waals surface area contributed by atoms with E-state index in [1.165, 1.54) is 12.8 Å². The van der Waals surface area contributed by atoms with Crippen molar-refractivity contribution in [2.45, 2.75) is 57.6 Å². The fourth-order valence-corrected chi connectivity index (χ4v) is 3.15. The number of carbonyl (C=O) groups is 2. The third kappa shape index (κ3) is 6.30. The van der Waals surface area contributed by atoms with Crippen LogP contribution in [0.3, 0.4) is 0 Å². The van der Waals surface area contributed by atoms with Crippen LogP contribution in [0.25, 0.3) is 0 Å². The maximum atomic E-state index is 12.0. The molecule has 126 valence electrons. The summed E-state index contributed by atoms with van der Waals surface area (Å²) in [6.45, 7) is 0.192. The Morgan fingerprint density at radius 2 is 1.78 bits per heavy atom. The Labute approximate surface area is 137 Å². The van der Waals surface area contributed by atoms with Gasteiger partial charge in [-0.3, -0.25) is 4.79 Å². The number of hydrogen-bond donors (Lipinski definition) is 2. The smallest absolute Gasteiger partial charge is 0.407 e. The molecule has 1 amide bonds. The minimum atomic E-state index is -0.886. The van der Waals surface area contributed by atoms with Crippen LogP contribution in [0.5, 0.6) is 0 Å². The van der Waals surface area contributed by atoms with E-state index in [1.807, 2.05) is 30.3 Å². The van der Waals surface area contributed by atoms with Crippen LogP contribution >= 0.6 is 0 Å². The summed E-state index contributed by atoms with van der Waals surface area (Å²) in [5.41, 5.74) is 0.909. The molecule has 5 heteroatoms. The van der Waals surface area contributed by atoms with Crippen LogP contribution in [0.4, 0.5) is 4.79 Å². The summed E-state index contributed by atoms with van der Waals surface area (Å²) in [5.74, 6) is -0.666. The van der Waals surface area contributed by atoms with Gasteiger partial charge in [-0.05, 0) is 24.3 Å². The number of carboxylic acid groups (broad SMARTS) is 1. The summed E-state index contributed by atoms with van der Waals surface area (Å²) in [7, 11) is 0. The molecule has 5 nitrogen and oxygen atoms in total. The Morgan fingerprint density at radius 3 is 2.39 bits per heavy atom. The Balaban J connectivity index is 1.88. The number of rotatable bonds is 6. The number of aliphatic carboxylic acids is 1. The van der Waals surface area contributed by atoms with Crippen LogP contribution in [0, 0.1) is 5.92 Å². The van der Waals surface area contributed by atoms with Crippen molar-refractivity contribution >= 4 is 12.1 Å². The number of carbonyl (C=O) groups excluding carboxylic acids is 1. The summed E-state index contributed by atoms with van der Waals surface area (Å²) in [5, 5.41) is 11.9. The molecule has 1 fully saturated rings. The van der Waals surface area contributed by atoms with Gasteiger partial charge in [0.1, 0.15) is 6.61 Å². The molecule has 1 atom stereocenters. The molecule has 2 rings (SSSR count). The summed E-state index contributed by atoms with van der Waals surface area (Å²) in [6.07, 6.45) is 5.93. The zero-order valence-electron chi connectivity index (χ0n) is 13.4. The third-order valence-corrected chi connectivity index (χ3v) is 4.38. The van der Waals surface area contributed by atoms with Crippen molar-refractivity contribution in [3.63, 3.8) is 0 Å². The lowest BCUT2D eigenvalue weighted by atomic mass is 9.90. The van der Waals surface area contributed by atoms with Gasteiger partial charge in [0.15, 0.2) is 0 Å². The Kier molecular flexibility index (Phi) is 6.91. The summed E-state index contributed by atoms with van der Waals surface area (Å²) >= 11 is 0. The van der Waals surface area contributed by atoms with Crippen molar-refractivity contribution in [3.8, 4) is 0 Å². The fourth-order valence-electron chi connectivity index (χ4n) is 3.15. The van der Waals surface area contributed by atoms with Gasteiger partial charge in [0.25, 0.3) is 0 Å². The van der Waals surface area contributed by atoms with E-state index in [-0.39, 0.29) is 25.0 Å². The van der Waals surface area contributed by atoms with E-state index in [0.717, 1.165) is 31.2 Å². The number of carboxylic acids is 1. The molecule has 2 N–H and O–H groups in total. The summed E-state index contributed by atoms with van der Waals surface area (Å²) in [4.78, 5) is 23.1. The monoisotopic (exact) mass is 319 g/mol. The molecular weight excluding hydrogens is 294 g/mol. The molecule has 1 saturated carbocycles. The molecule has 0 radical (unpaired) electrons. The predicted molar refractivity (Wildman–Crippen MR) is 87.0 cm³/mol. The molecule has 1 aliphatic rings. The van der Waals surface area contributed by atoms with Gasteiger partial charge in [0.2, 0.25) is 0 Å². The quantitative estimate of drug-likeness (QED) is 0.783. The average Bonchev–Trinajstić information content (AvgIpc) is 2.82. The molecule has 0 bridgehead atoms. The molecule has 1 aromatic carbocycles. The number of amides is 1. The predicted octanol–water partition coefficient (Wildman–Crippen LogP) is 3.73. The minimum absolute atomic E-state index is 0.0505. The van der Waals surface area contributed by atoms with Crippen LogP contribution in [0.1, 0.15) is 50.5 Å². The van der Waals surface area contributed by atoms with Crippen LogP contribution in [-0.2, 0) is 16.1 Å². The molecular formula is C18H25NO4. The van der Waals surface area contributed by atoms with Crippen LogP contribution in [-0.4, -0.2) is 23.2 Å². The first-order valence-electron chi connectivity index (χ1n) is 8.34. The molecule has 0 spiro atoms. The average molecular weight is 319 g/mol. The molecule has 0 aromatic heterocycles. The van der Waals surface area contributed by atoms with Gasteiger partial charge in [-0.1, -0.05) is 56.0 Å². The van der Waals surface area contributed by atoms with Crippen molar-refractivity contribution in [2.24, 2.45) is 5.92 Å². The highest BCUT2D eigenvalue weighted by Gasteiger charge is 2.26. The Morgan fingerprint density at radius 1 is 1.13 bits per heavy atom. The SMILES string of the molecule is O=C(O)C[C@@H](NC(=O)OCc1ccccc1)C1CCCCCC1. The summed E-state index contributed by atoms with van der Waals surface area (Å²) < 4.78 is 5.22. The second-order valence-electron chi connectivity index (χ2n) is 6.16. The number of hydrogen-bond acceptors (Lipinski definition) is 3. The molecule has 23 heavy (non-hydrogen) atoms. The topological polar surface area (TPSA) is 75.6 Å². The van der Waals surface area contributed by atoms with Gasteiger partial charge in [0, 0.05) is 6.04 Å². The molecule has 1 aliphatic carbocycles. The van der Waals surface area contributed by atoms with E-state index in [0.29, 0.717) is 0 Å². The second-order valence-corrected chi connectivity index (χ2v) is 6.16. The minimum Gasteiger partial charge on any atom is -0.481 e. The lowest BCUT2D eigenvalue weighted by Gasteiger charge is -2.25. The maximum Gasteiger partial charge on any atom is 0.407 e. The van der Waals surface area contributed by atoms with Crippen LogP contribution < -0.4 is 5.32 Å². The van der Waals surface area contributed by atoms with E-state index in [9.17, 15) is 9.59 Å². The highest BCUT2D eigenvalue weighted by Crippen LogP contribution is 2.27. The lowest BCUT2D eigenvalue weighted by Crippen LogP contribution is -2.42. The molecule has 0 heterocycles. The van der Waals surface area contributed by atoms with E-state index in [4.69, 9.17) is 9.84 Å². The van der Waals surface area contributed by atoms with Crippen LogP contribution in [0.2, 0.25) is 0 Å². The van der Waals surface area contributed by atoms with Gasteiger partial charge >= 0.3 is 12.1 Å². The number of alkyl carbamates (subject to hydrolysis) is 1. The Bertz CT molecular complexity index is 495. The molecule has 0 unspecified atom stereocenters. The highest BCUT2D eigenvalue weighted by atomic mass is 16.5. The molecule has 1 aromatic rings.